The molecule has 0 spiro atoms. The maximum absolute atomic E-state index is 15.1. The number of ether oxygens (including phenoxy) is 2. The van der Waals surface area contributed by atoms with Crippen LogP contribution in [0.5, 0.6) is 5.75 Å². The SMILES string of the molecule is C=C1CC(=O)NC(=O)[C@@H]1N1Cc2c(OCc3ccc(CN4CC(C)(C)OC(C)(C)C4)cc3F)cccc2C1=O. The normalized spacial score (nSPS) is 22.6. The molecule has 2 fully saturated rings. The van der Waals surface area contributed by atoms with Crippen LogP contribution in [0.25, 0.3) is 0 Å². The molecule has 3 aliphatic rings. The summed E-state index contributed by atoms with van der Waals surface area (Å²) in [5, 5.41) is 2.27. The Morgan fingerprint density at radius 2 is 1.82 bits per heavy atom. The molecular weight excluding hydrogens is 501 g/mol. The van der Waals surface area contributed by atoms with Crippen LogP contribution in [0.1, 0.15) is 61.2 Å². The number of benzene rings is 2. The van der Waals surface area contributed by atoms with Crippen molar-refractivity contribution in [3.05, 3.63) is 76.6 Å². The molecule has 3 amide bonds. The standard InChI is InChI=1S/C30H34FN3O5/c1-18-11-25(35)32-27(36)26(18)34-14-22-21(28(34)37)7-6-8-24(22)38-15-20-10-9-19(12-23(20)31)13-33-16-29(2,3)39-30(4,5)17-33/h6-10,12,26H,1,11,13-17H2,2-5H3,(H,32,35,36)/t26-/m1/s1. The van der Waals surface area contributed by atoms with Crippen molar-refractivity contribution < 1.29 is 28.2 Å². The number of nitrogens with zero attached hydrogens (tertiary/aromatic N) is 2. The molecule has 2 aromatic rings. The Morgan fingerprint density at radius 1 is 1.10 bits per heavy atom. The van der Waals surface area contributed by atoms with Gasteiger partial charge >= 0.3 is 0 Å². The largest absolute Gasteiger partial charge is 0.488 e. The molecule has 206 valence electrons. The highest BCUT2D eigenvalue weighted by molar-refractivity contribution is 6.08. The molecule has 0 saturated carbocycles. The molecule has 39 heavy (non-hydrogen) atoms. The van der Waals surface area contributed by atoms with E-state index in [1.165, 1.54) is 4.90 Å². The minimum Gasteiger partial charge on any atom is -0.488 e. The quantitative estimate of drug-likeness (QED) is 0.448. The number of halogens is 1. The predicted octanol–water partition coefficient (Wildman–Crippen LogP) is 3.72. The zero-order valence-corrected chi connectivity index (χ0v) is 22.8. The molecule has 9 heteroatoms. The van der Waals surface area contributed by atoms with Crippen LogP contribution in [-0.2, 0) is 34.0 Å². The summed E-state index contributed by atoms with van der Waals surface area (Å²) in [7, 11) is 0. The van der Waals surface area contributed by atoms with Crippen LogP contribution in [0.2, 0.25) is 0 Å². The Bertz CT molecular complexity index is 1330. The smallest absolute Gasteiger partial charge is 0.255 e. The van der Waals surface area contributed by atoms with E-state index in [0.717, 1.165) is 18.7 Å². The van der Waals surface area contributed by atoms with Gasteiger partial charge in [0.25, 0.3) is 11.8 Å². The lowest BCUT2D eigenvalue weighted by molar-refractivity contribution is -0.182. The average Bonchev–Trinajstić information content (AvgIpc) is 3.12. The highest BCUT2D eigenvalue weighted by Crippen LogP contribution is 2.35. The first-order chi connectivity index (χ1) is 18.3. The van der Waals surface area contributed by atoms with Gasteiger partial charge in [-0.3, -0.25) is 24.6 Å². The highest BCUT2D eigenvalue weighted by atomic mass is 19.1. The second-order valence-electron chi connectivity index (χ2n) is 11.8. The molecule has 2 aromatic carbocycles. The van der Waals surface area contributed by atoms with E-state index < -0.39 is 17.9 Å². The monoisotopic (exact) mass is 535 g/mol. The van der Waals surface area contributed by atoms with Crippen LogP contribution in [0.3, 0.4) is 0 Å². The van der Waals surface area contributed by atoms with Gasteiger partial charge in [-0.1, -0.05) is 24.8 Å². The van der Waals surface area contributed by atoms with Crippen molar-refractivity contribution in [1.29, 1.82) is 0 Å². The van der Waals surface area contributed by atoms with Crippen LogP contribution < -0.4 is 10.1 Å². The molecule has 1 N–H and O–H groups in total. The Labute approximate surface area is 227 Å². The second kappa shape index (κ2) is 9.88. The number of fused-ring (bicyclic) bond motifs is 1. The third kappa shape index (κ3) is 5.60. The summed E-state index contributed by atoms with van der Waals surface area (Å²) in [6.45, 7) is 14.3. The van der Waals surface area contributed by atoms with E-state index in [1.807, 2.05) is 6.07 Å². The summed E-state index contributed by atoms with van der Waals surface area (Å²) in [6, 6.07) is 9.35. The maximum Gasteiger partial charge on any atom is 0.255 e. The number of rotatable bonds is 6. The van der Waals surface area contributed by atoms with E-state index in [2.05, 4.69) is 44.5 Å². The minimum absolute atomic E-state index is 0.0144. The number of hydrogen-bond donors (Lipinski definition) is 1. The number of nitrogens with one attached hydrogen (secondary N) is 1. The molecule has 8 nitrogen and oxygen atoms in total. The molecule has 0 aliphatic carbocycles. The summed E-state index contributed by atoms with van der Waals surface area (Å²) in [6.07, 6.45) is -0.0176. The number of amides is 3. The number of carbonyl (C=O) groups is 3. The molecule has 1 atom stereocenters. The lowest BCUT2D eigenvalue weighted by Gasteiger charge is -2.47. The Kier molecular flexibility index (Phi) is 6.84. The first-order valence-corrected chi connectivity index (χ1v) is 13.1. The van der Waals surface area contributed by atoms with Gasteiger partial charge in [-0.2, -0.15) is 0 Å². The lowest BCUT2D eigenvalue weighted by Crippen LogP contribution is -2.56. The number of morpholine rings is 1. The van der Waals surface area contributed by atoms with Crippen LogP contribution in [0.4, 0.5) is 4.39 Å². The van der Waals surface area contributed by atoms with Gasteiger partial charge < -0.3 is 14.4 Å². The van der Waals surface area contributed by atoms with Crippen molar-refractivity contribution in [2.24, 2.45) is 0 Å². The zero-order chi connectivity index (χ0) is 28.1. The molecular formula is C30H34FN3O5. The summed E-state index contributed by atoms with van der Waals surface area (Å²) in [5.41, 5.74) is 2.11. The number of hydrogen-bond acceptors (Lipinski definition) is 6. The van der Waals surface area contributed by atoms with Gasteiger partial charge in [0.2, 0.25) is 5.91 Å². The van der Waals surface area contributed by atoms with Gasteiger partial charge in [-0.15, -0.1) is 0 Å². The fraction of sp³-hybridized carbons (Fsp3) is 0.433. The van der Waals surface area contributed by atoms with Crippen molar-refractivity contribution in [1.82, 2.24) is 15.1 Å². The van der Waals surface area contributed by atoms with E-state index in [0.29, 0.717) is 34.6 Å². The van der Waals surface area contributed by atoms with Crippen molar-refractivity contribution >= 4 is 17.7 Å². The zero-order valence-electron chi connectivity index (χ0n) is 22.8. The van der Waals surface area contributed by atoms with Gasteiger partial charge in [0, 0.05) is 36.3 Å². The van der Waals surface area contributed by atoms with Crippen molar-refractivity contribution in [2.75, 3.05) is 13.1 Å². The van der Waals surface area contributed by atoms with Crippen molar-refractivity contribution in [2.45, 2.75) is 71.1 Å². The van der Waals surface area contributed by atoms with Gasteiger partial charge in [0.05, 0.1) is 24.2 Å². The Balaban J connectivity index is 1.27. The van der Waals surface area contributed by atoms with Crippen LogP contribution in [-0.4, -0.2) is 57.9 Å². The summed E-state index contributed by atoms with van der Waals surface area (Å²) in [5.74, 6) is -1.24. The molecule has 0 unspecified atom stereocenters. The average molecular weight is 536 g/mol. The first kappa shape index (κ1) is 27.0. The highest BCUT2D eigenvalue weighted by Gasteiger charge is 2.42. The third-order valence-electron chi connectivity index (χ3n) is 7.22. The van der Waals surface area contributed by atoms with Crippen molar-refractivity contribution in [3.8, 4) is 5.75 Å². The molecule has 3 heterocycles. The number of imide groups is 1. The van der Waals surface area contributed by atoms with E-state index in [9.17, 15) is 14.4 Å². The topological polar surface area (TPSA) is 88.2 Å². The fourth-order valence-electron chi connectivity index (χ4n) is 6.05. The van der Waals surface area contributed by atoms with Crippen LogP contribution in [0.15, 0.2) is 48.6 Å². The predicted molar refractivity (Wildman–Crippen MR) is 142 cm³/mol. The summed E-state index contributed by atoms with van der Waals surface area (Å²) in [4.78, 5) is 40.9. The summed E-state index contributed by atoms with van der Waals surface area (Å²) < 4.78 is 27.2. The van der Waals surface area contributed by atoms with E-state index in [-0.39, 0.29) is 42.5 Å². The van der Waals surface area contributed by atoms with Gasteiger partial charge in [-0.05, 0) is 57.0 Å². The molecule has 3 aliphatic heterocycles. The van der Waals surface area contributed by atoms with E-state index in [4.69, 9.17) is 9.47 Å². The van der Waals surface area contributed by atoms with Crippen LogP contribution >= 0.6 is 0 Å². The number of piperidine rings is 1. The summed E-state index contributed by atoms with van der Waals surface area (Å²) >= 11 is 0. The van der Waals surface area contributed by atoms with E-state index in [1.54, 1.807) is 30.3 Å². The first-order valence-electron chi connectivity index (χ1n) is 13.1. The van der Waals surface area contributed by atoms with Crippen LogP contribution in [0, 0.1) is 5.82 Å². The molecule has 0 aromatic heterocycles. The molecule has 0 bridgehead atoms. The Morgan fingerprint density at radius 3 is 2.49 bits per heavy atom. The number of carbonyl (C=O) groups excluding carboxylic acids is 3. The minimum atomic E-state index is -0.928. The molecule has 5 rings (SSSR count). The Hall–Kier alpha value is -3.56. The van der Waals surface area contributed by atoms with E-state index >= 15 is 4.39 Å². The fourth-order valence-corrected chi connectivity index (χ4v) is 6.05. The van der Waals surface area contributed by atoms with Crippen molar-refractivity contribution in [3.63, 3.8) is 0 Å². The van der Waals surface area contributed by atoms with Gasteiger partial charge in [-0.25, -0.2) is 4.39 Å². The van der Waals surface area contributed by atoms with Gasteiger partial charge in [0.15, 0.2) is 0 Å². The molecule has 0 radical (unpaired) electrons. The maximum atomic E-state index is 15.1. The van der Waals surface area contributed by atoms with Gasteiger partial charge in [0.1, 0.15) is 24.2 Å². The lowest BCUT2D eigenvalue weighted by atomic mass is 9.98. The second-order valence-corrected chi connectivity index (χ2v) is 11.8. The third-order valence-corrected chi connectivity index (χ3v) is 7.22. The molecule has 2 saturated heterocycles.